The lowest BCUT2D eigenvalue weighted by atomic mass is 10.1. The van der Waals surface area contributed by atoms with E-state index in [0.717, 1.165) is 22.6 Å². The minimum atomic E-state index is 0.362. The number of hydrogen-bond acceptors (Lipinski definition) is 3. The first-order valence-corrected chi connectivity index (χ1v) is 5.46. The maximum atomic E-state index is 5.63. The van der Waals surface area contributed by atoms with Gasteiger partial charge in [0.05, 0.1) is 18.5 Å². The molecule has 0 saturated heterocycles. The van der Waals surface area contributed by atoms with Crippen molar-refractivity contribution in [1.29, 1.82) is 0 Å². The number of furan rings is 1. The summed E-state index contributed by atoms with van der Waals surface area (Å²) >= 11 is 0. The summed E-state index contributed by atoms with van der Waals surface area (Å²) in [6.45, 7) is 6.63. The fraction of sp³-hybridized carbons (Fsp3) is 0.417. The van der Waals surface area contributed by atoms with Crippen molar-refractivity contribution in [3.8, 4) is 11.1 Å². The van der Waals surface area contributed by atoms with Gasteiger partial charge in [-0.2, -0.15) is 5.10 Å². The number of nitrogens with two attached hydrogens (primary N) is 1. The van der Waals surface area contributed by atoms with Crippen LogP contribution in [0.2, 0.25) is 0 Å². The molecule has 0 saturated carbocycles. The van der Waals surface area contributed by atoms with Crippen LogP contribution in [0.4, 0.5) is 0 Å². The van der Waals surface area contributed by atoms with E-state index in [1.54, 1.807) is 6.26 Å². The summed E-state index contributed by atoms with van der Waals surface area (Å²) in [7, 11) is 0. The number of rotatable bonds is 3. The van der Waals surface area contributed by atoms with Crippen molar-refractivity contribution in [2.45, 2.75) is 33.4 Å². The summed E-state index contributed by atoms with van der Waals surface area (Å²) in [5.74, 6) is 0.811. The van der Waals surface area contributed by atoms with E-state index in [-0.39, 0.29) is 0 Å². The number of hydrogen-bond donors (Lipinski definition) is 1. The summed E-state index contributed by atoms with van der Waals surface area (Å²) in [6.07, 6.45) is 3.72. The standard InChI is InChI=1S/C12H17N3O/c1-8(2)15-7-11(9(3)14-15)10-4-5-16-12(10)6-13/h4-5,7-8H,6,13H2,1-3H3. The molecule has 0 spiro atoms. The fourth-order valence-corrected chi connectivity index (χ4v) is 1.75. The molecular weight excluding hydrogens is 202 g/mol. The van der Waals surface area contributed by atoms with Gasteiger partial charge >= 0.3 is 0 Å². The predicted octanol–water partition coefficient (Wildman–Crippen LogP) is 2.49. The van der Waals surface area contributed by atoms with Crippen molar-refractivity contribution in [2.24, 2.45) is 5.73 Å². The lowest BCUT2D eigenvalue weighted by Gasteiger charge is -2.02. The van der Waals surface area contributed by atoms with Gasteiger partial charge in [-0.15, -0.1) is 0 Å². The Labute approximate surface area is 95.1 Å². The van der Waals surface area contributed by atoms with Crippen LogP contribution >= 0.6 is 0 Å². The Kier molecular flexibility index (Phi) is 2.83. The van der Waals surface area contributed by atoms with Crippen LogP contribution in [0.25, 0.3) is 11.1 Å². The molecule has 0 fully saturated rings. The lowest BCUT2D eigenvalue weighted by Crippen LogP contribution is -2.00. The molecule has 0 aliphatic rings. The maximum Gasteiger partial charge on any atom is 0.125 e. The second-order valence-electron chi connectivity index (χ2n) is 4.16. The van der Waals surface area contributed by atoms with Gasteiger partial charge in [0.2, 0.25) is 0 Å². The Morgan fingerprint density at radius 2 is 2.19 bits per heavy atom. The molecule has 0 unspecified atom stereocenters. The largest absolute Gasteiger partial charge is 0.467 e. The Balaban J connectivity index is 2.48. The first-order chi connectivity index (χ1) is 7.63. The minimum absolute atomic E-state index is 0.362. The third-order valence-corrected chi connectivity index (χ3v) is 2.67. The Bertz CT molecular complexity index is 482. The van der Waals surface area contributed by atoms with Crippen molar-refractivity contribution in [1.82, 2.24) is 9.78 Å². The monoisotopic (exact) mass is 219 g/mol. The van der Waals surface area contributed by atoms with Crippen LogP contribution in [0.15, 0.2) is 22.9 Å². The van der Waals surface area contributed by atoms with Gasteiger partial charge in [-0.05, 0) is 26.8 Å². The molecule has 0 aromatic carbocycles. The Morgan fingerprint density at radius 3 is 2.75 bits per heavy atom. The highest BCUT2D eigenvalue weighted by Crippen LogP contribution is 2.27. The molecule has 86 valence electrons. The van der Waals surface area contributed by atoms with Gasteiger partial charge < -0.3 is 10.2 Å². The van der Waals surface area contributed by atoms with Gasteiger partial charge in [-0.25, -0.2) is 0 Å². The molecule has 2 aromatic heterocycles. The van der Waals surface area contributed by atoms with Gasteiger partial charge in [-0.1, -0.05) is 0 Å². The average Bonchev–Trinajstić information content (AvgIpc) is 2.82. The highest BCUT2D eigenvalue weighted by atomic mass is 16.3. The van der Waals surface area contributed by atoms with E-state index in [1.807, 2.05) is 23.9 Å². The molecule has 0 radical (unpaired) electrons. The molecule has 2 aromatic rings. The highest BCUT2D eigenvalue weighted by Gasteiger charge is 2.13. The number of nitrogens with zero attached hydrogens (tertiary/aromatic N) is 2. The molecule has 2 heterocycles. The van der Waals surface area contributed by atoms with E-state index in [0.29, 0.717) is 12.6 Å². The Hall–Kier alpha value is -1.55. The molecule has 0 atom stereocenters. The van der Waals surface area contributed by atoms with Crippen molar-refractivity contribution < 1.29 is 4.42 Å². The maximum absolute atomic E-state index is 5.63. The molecule has 0 amide bonds. The molecule has 2 N–H and O–H groups in total. The third kappa shape index (κ3) is 1.76. The topological polar surface area (TPSA) is 57.0 Å². The van der Waals surface area contributed by atoms with E-state index in [2.05, 4.69) is 18.9 Å². The quantitative estimate of drug-likeness (QED) is 0.862. The van der Waals surface area contributed by atoms with Crippen molar-refractivity contribution in [3.05, 3.63) is 30.0 Å². The van der Waals surface area contributed by atoms with Crippen LogP contribution in [0, 0.1) is 6.92 Å². The van der Waals surface area contributed by atoms with Crippen molar-refractivity contribution >= 4 is 0 Å². The van der Waals surface area contributed by atoms with E-state index < -0.39 is 0 Å². The molecule has 0 bridgehead atoms. The molecule has 4 nitrogen and oxygen atoms in total. The highest BCUT2D eigenvalue weighted by molar-refractivity contribution is 5.67. The minimum Gasteiger partial charge on any atom is -0.467 e. The average molecular weight is 219 g/mol. The molecule has 2 rings (SSSR count). The third-order valence-electron chi connectivity index (χ3n) is 2.67. The van der Waals surface area contributed by atoms with Crippen LogP contribution in [0.1, 0.15) is 31.3 Å². The van der Waals surface area contributed by atoms with E-state index >= 15 is 0 Å². The molecule has 4 heteroatoms. The van der Waals surface area contributed by atoms with Crippen LogP contribution in [-0.2, 0) is 6.54 Å². The fourth-order valence-electron chi connectivity index (χ4n) is 1.75. The second kappa shape index (κ2) is 4.14. The Morgan fingerprint density at radius 1 is 1.44 bits per heavy atom. The summed E-state index contributed by atoms with van der Waals surface area (Å²) in [5, 5.41) is 4.48. The number of aryl methyl sites for hydroxylation is 1. The van der Waals surface area contributed by atoms with Crippen molar-refractivity contribution in [2.75, 3.05) is 0 Å². The second-order valence-corrected chi connectivity index (χ2v) is 4.16. The van der Waals surface area contributed by atoms with Gasteiger partial charge in [0.25, 0.3) is 0 Å². The first kappa shape index (κ1) is 11.0. The zero-order chi connectivity index (χ0) is 11.7. The molecule has 0 aliphatic carbocycles. The van der Waals surface area contributed by atoms with E-state index in [1.165, 1.54) is 0 Å². The normalized spacial score (nSPS) is 11.3. The number of aromatic nitrogens is 2. The molecule has 0 aliphatic heterocycles. The van der Waals surface area contributed by atoms with Gasteiger partial charge in [0.15, 0.2) is 0 Å². The summed E-state index contributed by atoms with van der Waals surface area (Å²) in [6, 6.07) is 2.30. The summed E-state index contributed by atoms with van der Waals surface area (Å²) in [5.41, 5.74) is 8.78. The smallest absolute Gasteiger partial charge is 0.125 e. The molecular formula is C12H17N3O. The van der Waals surface area contributed by atoms with Gasteiger partial charge in [-0.3, -0.25) is 4.68 Å². The van der Waals surface area contributed by atoms with Gasteiger partial charge in [0, 0.05) is 23.4 Å². The van der Waals surface area contributed by atoms with Crippen molar-refractivity contribution in [3.63, 3.8) is 0 Å². The van der Waals surface area contributed by atoms with E-state index in [4.69, 9.17) is 10.2 Å². The van der Waals surface area contributed by atoms with E-state index in [9.17, 15) is 0 Å². The predicted molar refractivity (Wildman–Crippen MR) is 62.9 cm³/mol. The lowest BCUT2D eigenvalue weighted by molar-refractivity contribution is 0.513. The molecule has 16 heavy (non-hydrogen) atoms. The van der Waals surface area contributed by atoms with Crippen LogP contribution in [0.3, 0.4) is 0 Å². The summed E-state index contributed by atoms with van der Waals surface area (Å²) < 4.78 is 7.29. The zero-order valence-corrected chi connectivity index (χ0v) is 9.90. The van der Waals surface area contributed by atoms with Crippen LogP contribution < -0.4 is 5.73 Å². The summed E-state index contributed by atoms with van der Waals surface area (Å²) in [4.78, 5) is 0. The van der Waals surface area contributed by atoms with Gasteiger partial charge in [0.1, 0.15) is 5.76 Å². The SMILES string of the molecule is Cc1nn(C(C)C)cc1-c1ccoc1CN. The van der Waals surface area contributed by atoms with Crippen LogP contribution in [0.5, 0.6) is 0 Å². The zero-order valence-electron chi connectivity index (χ0n) is 9.90. The van der Waals surface area contributed by atoms with Crippen LogP contribution in [-0.4, -0.2) is 9.78 Å². The first-order valence-electron chi connectivity index (χ1n) is 5.46.